The van der Waals surface area contributed by atoms with Gasteiger partial charge >= 0.3 is 0 Å². The summed E-state index contributed by atoms with van der Waals surface area (Å²) in [5, 5.41) is 0.393. The molecular formula is C15H8Cl2FNO2. The van der Waals surface area contributed by atoms with Crippen molar-refractivity contribution in [1.82, 2.24) is 0 Å². The van der Waals surface area contributed by atoms with Crippen LogP contribution >= 0.6 is 23.2 Å². The highest BCUT2D eigenvalue weighted by Crippen LogP contribution is 2.32. The lowest BCUT2D eigenvalue weighted by Gasteiger charge is -2.16. The van der Waals surface area contributed by atoms with Gasteiger partial charge in [0.25, 0.3) is 11.7 Å². The van der Waals surface area contributed by atoms with Gasteiger partial charge in [0.1, 0.15) is 5.82 Å². The fourth-order valence-corrected chi connectivity index (χ4v) is 2.54. The van der Waals surface area contributed by atoms with Crippen LogP contribution < -0.4 is 4.90 Å². The third-order valence-electron chi connectivity index (χ3n) is 3.26. The zero-order valence-corrected chi connectivity index (χ0v) is 12.1. The molecule has 2 aromatic rings. The van der Waals surface area contributed by atoms with Gasteiger partial charge in [-0.25, -0.2) is 4.39 Å². The van der Waals surface area contributed by atoms with Crippen LogP contribution in [0, 0.1) is 5.82 Å². The summed E-state index contributed by atoms with van der Waals surface area (Å²) in [7, 11) is 0. The molecule has 0 saturated carbocycles. The molecule has 0 aromatic heterocycles. The molecule has 0 saturated heterocycles. The van der Waals surface area contributed by atoms with Crippen LogP contribution in [0.15, 0.2) is 36.4 Å². The number of fused-ring (bicyclic) bond motifs is 1. The molecule has 0 unspecified atom stereocenters. The molecule has 1 aliphatic rings. The Balaban J connectivity index is 1.98. The van der Waals surface area contributed by atoms with Gasteiger partial charge in [0.15, 0.2) is 0 Å². The Kier molecular flexibility index (Phi) is 3.43. The second-order valence-electron chi connectivity index (χ2n) is 4.63. The van der Waals surface area contributed by atoms with Gasteiger partial charge in [-0.15, -0.1) is 0 Å². The maximum atomic E-state index is 13.5. The molecule has 106 valence electrons. The first kappa shape index (κ1) is 14.0. The van der Waals surface area contributed by atoms with E-state index in [1.807, 2.05) is 0 Å². The summed E-state index contributed by atoms with van der Waals surface area (Å²) in [6.45, 7) is 0.0906. The van der Waals surface area contributed by atoms with E-state index in [1.54, 1.807) is 18.2 Å². The van der Waals surface area contributed by atoms with E-state index in [9.17, 15) is 14.0 Å². The summed E-state index contributed by atoms with van der Waals surface area (Å²) in [6.07, 6.45) is 0. The maximum Gasteiger partial charge on any atom is 0.299 e. The number of anilines is 1. The summed E-state index contributed by atoms with van der Waals surface area (Å²) in [5.74, 6) is -1.83. The lowest BCUT2D eigenvalue weighted by molar-refractivity contribution is -0.114. The third kappa shape index (κ3) is 2.41. The molecule has 0 fully saturated rings. The Morgan fingerprint density at radius 1 is 1.05 bits per heavy atom. The van der Waals surface area contributed by atoms with E-state index in [2.05, 4.69) is 0 Å². The zero-order chi connectivity index (χ0) is 15.1. The number of amides is 1. The van der Waals surface area contributed by atoms with Gasteiger partial charge in [-0.05, 0) is 35.9 Å². The molecule has 0 N–H and O–H groups in total. The van der Waals surface area contributed by atoms with Crippen LogP contribution in [-0.2, 0) is 11.3 Å². The molecule has 1 amide bonds. The molecular weight excluding hydrogens is 316 g/mol. The van der Waals surface area contributed by atoms with Gasteiger partial charge in [-0.2, -0.15) is 0 Å². The number of carbonyl (C=O) groups is 2. The second kappa shape index (κ2) is 5.13. The zero-order valence-electron chi connectivity index (χ0n) is 10.6. The molecule has 0 bridgehead atoms. The first-order valence-electron chi connectivity index (χ1n) is 6.07. The van der Waals surface area contributed by atoms with E-state index in [0.717, 1.165) is 0 Å². The number of Topliss-reactive ketones (excluding diaryl/α,β-unsaturated/α-hetero) is 1. The largest absolute Gasteiger partial charge is 0.300 e. The molecule has 0 spiro atoms. The van der Waals surface area contributed by atoms with Crippen molar-refractivity contribution in [2.24, 2.45) is 0 Å². The molecule has 3 nitrogen and oxygen atoms in total. The molecule has 0 aliphatic carbocycles. The first-order valence-corrected chi connectivity index (χ1v) is 6.82. The molecule has 1 aliphatic heterocycles. The summed E-state index contributed by atoms with van der Waals surface area (Å²) in [4.78, 5) is 25.3. The van der Waals surface area contributed by atoms with Crippen LogP contribution in [0.1, 0.15) is 15.9 Å². The normalized spacial score (nSPS) is 13.8. The molecule has 0 radical (unpaired) electrons. The highest BCUT2D eigenvalue weighted by Gasteiger charge is 2.35. The van der Waals surface area contributed by atoms with Gasteiger partial charge in [0.05, 0.1) is 22.8 Å². The minimum Gasteiger partial charge on any atom is -0.300 e. The predicted octanol–water partition coefficient (Wildman–Crippen LogP) is 3.86. The molecule has 3 rings (SSSR count). The summed E-state index contributed by atoms with van der Waals surface area (Å²) in [6, 6.07) is 8.93. The number of halogens is 3. The number of carbonyl (C=O) groups excluding carboxylic acids is 2. The number of nitrogens with zero attached hydrogens (tertiary/aromatic N) is 1. The van der Waals surface area contributed by atoms with Crippen molar-refractivity contribution >= 4 is 40.6 Å². The quantitative estimate of drug-likeness (QED) is 0.787. The van der Waals surface area contributed by atoms with Crippen molar-refractivity contribution in [2.45, 2.75) is 6.54 Å². The van der Waals surface area contributed by atoms with Crippen molar-refractivity contribution in [2.75, 3.05) is 4.90 Å². The van der Waals surface area contributed by atoms with Crippen LogP contribution in [0.4, 0.5) is 10.1 Å². The van der Waals surface area contributed by atoms with E-state index in [-0.39, 0.29) is 17.1 Å². The highest BCUT2D eigenvalue weighted by atomic mass is 35.5. The van der Waals surface area contributed by atoms with Crippen molar-refractivity contribution in [3.63, 3.8) is 0 Å². The Bertz CT molecular complexity index is 776. The minimum absolute atomic E-state index is 0.00903. The molecule has 6 heteroatoms. The van der Waals surface area contributed by atoms with Gasteiger partial charge < -0.3 is 4.90 Å². The Labute approximate surface area is 129 Å². The van der Waals surface area contributed by atoms with Crippen LogP contribution in [-0.4, -0.2) is 11.7 Å². The monoisotopic (exact) mass is 323 g/mol. The van der Waals surface area contributed by atoms with Crippen LogP contribution in [0.2, 0.25) is 10.0 Å². The number of hydrogen-bond acceptors (Lipinski definition) is 2. The highest BCUT2D eigenvalue weighted by molar-refractivity contribution is 6.52. The standard InChI is InChI=1S/C15H8Cl2FNO2/c16-9-2-4-13-10(6-9)14(20)15(21)19(13)7-8-1-3-11(17)12(18)5-8/h1-6H,7H2. The Morgan fingerprint density at radius 2 is 1.81 bits per heavy atom. The maximum absolute atomic E-state index is 13.5. The van der Waals surface area contributed by atoms with Gasteiger partial charge in [0.2, 0.25) is 0 Å². The van der Waals surface area contributed by atoms with Crippen molar-refractivity contribution in [1.29, 1.82) is 0 Å². The van der Waals surface area contributed by atoms with Crippen molar-refractivity contribution < 1.29 is 14.0 Å². The van der Waals surface area contributed by atoms with E-state index in [0.29, 0.717) is 16.3 Å². The molecule has 21 heavy (non-hydrogen) atoms. The van der Waals surface area contributed by atoms with Crippen molar-refractivity contribution in [3.05, 3.63) is 63.4 Å². The van der Waals surface area contributed by atoms with Crippen molar-refractivity contribution in [3.8, 4) is 0 Å². The number of benzene rings is 2. The average Bonchev–Trinajstić information content (AvgIpc) is 2.68. The minimum atomic E-state index is -0.650. The molecule has 2 aromatic carbocycles. The average molecular weight is 324 g/mol. The summed E-state index contributed by atoms with van der Waals surface area (Å²) >= 11 is 11.5. The van der Waals surface area contributed by atoms with Crippen LogP contribution in [0.5, 0.6) is 0 Å². The summed E-state index contributed by atoms with van der Waals surface area (Å²) in [5.41, 5.74) is 1.28. The SMILES string of the molecule is O=C1C(=O)N(Cc2ccc(Cl)c(F)c2)c2ccc(Cl)cc21. The third-order valence-corrected chi connectivity index (χ3v) is 3.80. The lowest BCUT2D eigenvalue weighted by Crippen LogP contribution is -2.29. The molecule has 1 heterocycles. The van der Waals surface area contributed by atoms with E-state index >= 15 is 0 Å². The van der Waals surface area contributed by atoms with Gasteiger partial charge in [-0.3, -0.25) is 9.59 Å². The Morgan fingerprint density at radius 3 is 2.52 bits per heavy atom. The van der Waals surface area contributed by atoms with Crippen LogP contribution in [0.3, 0.4) is 0 Å². The first-order chi connectivity index (χ1) is 9.97. The number of rotatable bonds is 2. The smallest absolute Gasteiger partial charge is 0.299 e. The second-order valence-corrected chi connectivity index (χ2v) is 5.47. The van der Waals surface area contributed by atoms with E-state index in [4.69, 9.17) is 23.2 Å². The predicted molar refractivity (Wildman–Crippen MR) is 78.4 cm³/mol. The number of ketones is 1. The number of hydrogen-bond donors (Lipinski definition) is 0. The fraction of sp³-hybridized carbons (Fsp3) is 0.0667. The Hall–Kier alpha value is -1.91. The van der Waals surface area contributed by atoms with Crippen LogP contribution in [0.25, 0.3) is 0 Å². The van der Waals surface area contributed by atoms with E-state index in [1.165, 1.54) is 23.1 Å². The summed E-state index contributed by atoms with van der Waals surface area (Å²) < 4.78 is 13.5. The lowest BCUT2D eigenvalue weighted by atomic mass is 10.1. The van der Waals surface area contributed by atoms with Gasteiger partial charge in [0, 0.05) is 5.02 Å². The topological polar surface area (TPSA) is 37.4 Å². The fourth-order valence-electron chi connectivity index (χ4n) is 2.25. The van der Waals surface area contributed by atoms with E-state index < -0.39 is 17.5 Å². The molecule has 0 atom stereocenters. The van der Waals surface area contributed by atoms with Gasteiger partial charge in [-0.1, -0.05) is 29.3 Å².